The van der Waals surface area contributed by atoms with Crippen LogP contribution >= 0.6 is 11.3 Å². The third-order valence-electron chi connectivity index (χ3n) is 3.56. The molecule has 20 heavy (non-hydrogen) atoms. The van der Waals surface area contributed by atoms with Crippen molar-refractivity contribution in [3.63, 3.8) is 0 Å². The van der Waals surface area contributed by atoms with Crippen molar-refractivity contribution in [1.82, 2.24) is 4.31 Å². The van der Waals surface area contributed by atoms with Gasteiger partial charge in [0.25, 0.3) is 10.0 Å². The number of nitrogens with zero attached hydrogens (tertiary/aromatic N) is 2. The molecule has 0 amide bonds. The Morgan fingerprint density at radius 2 is 1.95 bits per heavy atom. The number of nitrogens with two attached hydrogens (primary N) is 1. The molecule has 2 N–H and O–H groups in total. The van der Waals surface area contributed by atoms with Gasteiger partial charge in [0.1, 0.15) is 4.21 Å². The maximum Gasteiger partial charge on any atom is 0.304 e. The number of nitrogen functional groups attached to an aromatic ring is 1. The maximum atomic E-state index is 12.7. The summed E-state index contributed by atoms with van der Waals surface area (Å²) >= 11 is 0.754. The van der Waals surface area contributed by atoms with Gasteiger partial charge in [0.15, 0.2) is 5.00 Å². The summed E-state index contributed by atoms with van der Waals surface area (Å²) < 4.78 is 26.7. The monoisotopic (exact) mass is 319 g/mol. The molecule has 2 atom stereocenters. The lowest BCUT2D eigenvalue weighted by Gasteiger charge is -2.37. The van der Waals surface area contributed by atoms with E-state index in [0.29, 0.717) is 0 Å². The topological polar surface area (TPSA) is 107 Å². The van der Waals surface area contributed by atoms with Crippen LogP contribution < -0.4 is 5.73 Å². The molecule has 1 fully saturated rings. The number of piperidine rings is 1. The van der Waals surface area contributed by atoms with Crippen molar-refractivity contribution in [3.8, 4) is 0 Å². The molecule has 1 aromatic rings. The van der Waals surface area contributed by atoms with Crippen LogP contribution in [-0.4, -0.2) is 29.7 Å². The molecule has 1 aromatic heterocycles. The molecule has 2 unspecified atom stereocenters. The van der Waals surface area contributed by atoms with Crippen LogP contribution in [0, 0.1) is 10.1 Å². The summed E-state index contributed by atoms with van der Waals surface area (Å²) in [6, 6.07) is 0.848. The van der Waals surface area contributed by atoms with Gasteiger partial charge in [-0.2, -0.15) is 4.31 Å². The van der Waals surface area contributed by atoms with Crippen molar-refractivity contribution in [2.75, 3.05) is 5.73 Å². The summed E-state index contributed by atoms with van der Waals surface area (Å²) in [5.74, 6) is 0. The summed E-state index contributed by atoms with van der Waals surface area (Å²) in [6.45, 7) is 3.72. The minimum atomic E-state index is -3.73. The van der Waals surface area contributed by atoms with Crippen molar-refractivity contribution in [1.29, 1.82) is 0 Å². The first-order valence-electron chi connectivity index (χ1n) is 6.32. The van der Waals surface area contributed by atoms with Crippen molar-refractivity contribution in [2.45, 2.75) is 49.4 Å². The van der Waals surface area contributed by atoms with E-state index in [1.54, 1.807) is 0 Å². The first-order valence-corrected chi connectivity index (χ1v) is 8.58. The van der Waals surface area contributed by atoms with Gasteiger partial charge in [-0.15, -0.1) is 0 Å². The lowest BCUT2D eigenvalue weighted by atomic mass is 10.0. The first kappa shape index (κ1) is 15.2. The minimum Gasteiger partial charge on any atom is -0.385 e. The first-order chi connectivity index (χ1) is 9.25. The van der Waals surface area contributed by atoms with Crippen molar-refractivity contribution in [3.05, 3.63) is 16.2 Å². The van der Waals surface area contributed by atoms with Gasteiger partial charge in [0, 0.05) is 18.2 Å². The van der Waals surface area contributed by atoms with Crippen molar-refractivity contribution in [2.24, 2.45) is 0 Å². The standard InChI is InChI=1S/C11H17N3O4S2/c1-7-4-3-5-8(2)13(7)20(17,18)10-6-9(14(15)16)11(12)19-10/h6-8H,3-5,12H2,1-2H3. The van der Waals surface area contributed by atoms with Gasteiger partial charge < -0.3 is 5.73 Å². The largest absolute Gasteiger partial charge is 0.385 e. The highest BCUT2D eigenvalue weighted by atomic mass is 32.2. The molecular formula is C11H17N3O4S2. The van der Waals surface area contributed by atoms with Crippen molar-refractivity contribution >= 4 is 32.0 Å². The Morgan fingerprint density at radius 3 is 2.40 bits per heavy atom. The highest BCUT2D eigenvalue weighted by molar-refractivity contribution is 7.91. The molecule has 0 bridgehead atoms. The lowest BCUT2D eigenvalue weighted by Crippen LogP contribution is -2.47. The zero-order chi connectivity index (χ0) is 15.1. The maximum absolute atomic E-state index is 12.7. The summed E-state index contributed by atoms with van der Waals surface area (Å²) in [5.41, 5.74) is 5.19. The van der Waals surface area contributed by atoms with E-state index >= 15 is 0 Å². The fourth-order valence-corrected chi connectivity index (χ4v) is 5.82. The number of hydrogen-bond donors (Lipinski definition) is 1. The second kappa shape index (κ2) is 5.30. The molecule has 0 saturated carbocycles. The Morgan fingerprint density at radius 1 is 1.40 bits per heavy atom. The van der Waals surface area contributed by atoms with E-state index < -0.39 is 14.9 Å². The second-order valence-corrected chi connectivity index (χ2v) is 8.19. The van der Waals surface area contributed by atoms with Crippen LogP contribution in [0.25, 0.3) is 0 Å². The quantitative estimate of drug-likeness (QED) is 0.679. The van der Waals surface area contributed by atoms with E-state index in [2.05, 4.69) is 0 Å². The smallest absolute Gasteiger partial charge is 0.304 e. The van der Waals surface area contributed by atoms with Crippen LogP contribution in [0.3, 0.4) is 0 Å². The number of nitro groups is 1. The summed E-state index contributed by atoms with van der Waals surface area (Å²) in [4.78, 5) is 10.1. The Hall–Kier alpha value is -1.19. The van der Waals surface area contributed by atoms with E-state index in [1.807, 2.05) is 13.8 Å². The molecule has 0 radical (unpaired) electrons. The second-order valence-electron chi connectivity index (χ2n) is 5.04. The fourth-order valence-electron chi connectivity index (χ4n) is 2.62. The van der Waals surface area contributed by atoms with Crippen LogP contribution in [0.15, 0.2) is 10.3 Å². The Balaban J connectivity index is 2.44. The molecule has 7 nitrogen and oxygen atoms in total. The van der Waals surface area contributed by atoms with Gasteiger partial charge >= 0.3 is 5.69 Å². The summed E-state index contributed by atoms with van der Waals surface area (Å²) in [5, 5.41) is 10.7. The molecular weight excluding hydrogens is 302 g/mol. The highest BCUT2D eigenvalue weighted by Gasteiger charge is 2.38. The van der Waals surface area contributed by atoms with Crippen LogP contribution in [0.5, 0.6) is 0 Å². The van der Waals surface area contributed by atoms with Crippen LogP contribution in [0.2, 0.25) is 0 Å². The van der Waals surface area contributed by atoms with Gasteiger partial charge in [0.05, 0.1) is 4.92 Å². The SMILES string of the molecule is CC1CCCC(C)N1S(=O)(=O)c1cc([N+](=O)[O-])c(N)s1. The molecule has 0 aromatic carbocycles. The molecule has 9 heteroatoms. The van der Waals surface area contributed by atoms with Crippen LogP contribution in [0.4, 0.5) is 10.7 Å². The third-order valence-corrected chi connectivity index (χ3v) is 7.09. The van der Waals surface area contributed by atoms with Gasteiger partial charge in [-0.3, -0.25) is 10.1 Å². The van der Waals surface area contributed by atoms with Gasteiger partial charge in [-0.25, -0.2) is 8.42 Å². The molecule has 1 aliphatic heterocycles. The molecule has 1 aliphatic rings. The molecule has 1 saturated heterocycles. The van der Waals surface area contributed by atoms with Gasteiger partial charge in [-0.05, 0) is 26.7 Å². The van der Waals surface area contributed by atoms with E-state index in [4.69, 9.17) is 5.73 Å². The van der Waals surface area contributed by atoms with E-state index in [9.17, 15) is 18.5 Å². The van der Waals surface area contributed by atoms with E-state index in [1.165, 1.54) is 4.31 Å². The Labute approximate surface area is 121 Å². The highest BCUT2D eigenvalue weighted by Crippen LogP contribution is 2.38. The summed E-state index contributed by atoms with van der Waals surface area (Å²) in [7, 11) is -3.73. The molecule has 112 valence electrons. The summed E-state index contributed by atoms with van der Waals surface area (Å²) in [6.07, 6.45) is 2.58. The van der Waals surface area contributed by atoms with E-state index in [-0.39, 0.29) is 27.0 Å². The Kier molecular flexibility index (Phi) is 4.03. The molecule has 2 rings (SSSR count). The zero-order valence-electron chi connectivity index (χ0n) is 11.3. The van der Waals surface area contributed by atoms with E-state index in [0.717, 1.165) is 36.7 Å². The zero-order valence-corrected chi connectivity index (χ0v) is 12.9. The predicted molar refractivity (Wildman–Crippen MR) is 77.2 cm³/mol. The molecule has 0 aliphatic carbocycles. The predicted octanol–water partition coefficient (Wildman–Crippen LogP) is 2.19. The molecule has 0 spiro atoms. The normalized spacial score (nSPS) is 24.7. The van der Waals surface area contributed by atoms with Gasteiger partial charge in [-0.1, -0.05) is 17.8 Å². The van der Waals surface area contributed by atoms with Crippen LogP contribution in [-0.2, 0) is 10.0 Å². The van der Waals surface area contributed by atoms with Gasteiger partial charge in [0.2, 0.25) is 0 Å². The van der Waals surface area contributed by atoms with Crippen LogP contribution in [0.1, 0.15) is 33.1 Å². The number of rotatable bonds is 3. The fraction of sp³-hybridized carbons (Fsp3) is 0.636. The average molecular weight is 319 g/mol. The molecule has 2 heterocycles. The lowest BCUT2D eigenvalue weighted by molar-refractivity contribution is -0.383. The minimum absolute atomic E-state index is 0.0534. The number of anilines is 1. The number of hydrogen-bond acceptors (Lipinski definition) is 6. The average Bonchev–Trinajstić information content (AvgIpc) is 2.71. The Bertz CT molecular complexity index is 616. The number of thiophene rings is 1. The number of sulfonamides is 1. The van der Waals surface area contributed by atoms with Crippen molar-refractivity contribution < 1.29 is 13.3 Å². The third kappa shape index (κ3) is 2.52.